The van der Waals surface area contributed by atoms with Crippen LogP contribution < -0.4 is 0 Å². The highest BCUT2D eigenvalue weighted by Crippen LogP contribution is 2.22. The lowest BCUT2D eigenvalue weighted by atomic mass is 10.5. The molecule has 0 nitrogen and oxygen atoms in total. The third-order valence-electron chi connectivity index (χ3n) is 0.540. The van der Waals surface area contributed by atoms with Gasteiger partial charge in [0.2, 0.25) is 9.32 Å². The fourth-order valence-corrected chi connectivity index (χ4v) is 1.04. The van der Waals surface area contributed by atoms with Crippen LogP contribution in [0.15, 0.2) is 0 Å². The standard InChI is InChI=1S/C3H4Cl2F3S/c4-9(5)2-1-3(6,7)8/h1-2H2/q+1. The lowest BCUT2D eigenvalue weighted by molar-refractivity contribution is -0.129. The number of alkyl halides is 3. The van der Waals surface area contributed by atoms with E-state index in [1.165, 1.54) is 0 Å². The normalized spacial score (nSPS) is 12.7. The Morgan fingerprint density at radius 2 is 1.67 bits per heavy atom. The minimum absolute atomic E-state index is 0.202. The van der Waals surface area contributed by atoms with Gasteiger partial charge in [-0.25, -0.2) is 0 Å². The quantitative estimate of drug-likeness (QED) is 0.601. The molecule has 0 amide bonds. The summed E-state index contributed by atoms with van der Waals surface area (Å²) >= 11 is 0. The highest BCUT2D eigenvalue weighted by atomic mass is 36.0. The van der Waals surface area contributed by atoms with Gasteiger partial charge in [0.15, 0.2) is 27.1 Å². The summed E-state index contributed by atoms with van der Waals surface area (Å²) in [7, 11) is 9.02. The molecule has 0 spiro atoms. The lowest BCUT2D eigenvalue weighted by Gasteiger charge is -1.99. The first-order chi connectivity index (χ1) is 3.92. The zero-order chi connectivity index (χ0) is 7.49. The Kier molecular flexibility index (Phi) is 4.09. The molecule has 9 heavy (non-hydrogen) atoms. The van der Waals surface area contributed by atoms with Crippen molar-refractivity contribution < 1.29 is 13.2 Å². The van der Waals surface area contributed by atoms with Gasteiger partial charge in [0.1, 0.15) is 0 Å². The van der Waals surface area contributed by atoms with E-state index in [1.54, 1.807) is 0 Å². The molecule has 0 radical (unpaired) electrons. The molecule has 6 heteroatoms. The molecule has 56 valence electrons. The van der Waals surface area contributed by atoms with Crippen molar-refractivity contribution in [2.75, 3.05) is 5.75 Å². The fraction of sp³-hybridized carbons (Fsp3) is 1.00. The van der Waals surface area contributed by atoms with Gasteiger partial charge in [0.25, 0.3) is 0 Å². The Bertz CT molecular complexity index is 81.6. The molecule has 0 saturated carbocycles. The Balaban J connectivity index is 3.28. The van der Waals surface area contributed by atoms with E-state index in [1.807, 2.05) is 0 Å². The molecule has 0 heterocycles. The Morgan fingerprint density at radius 1 is 1.22 bits per heavy atom. The average Bonchev–Trinajstić information content (AvgIpc) is 1.59. The fourth-order valence-electron chi connectivity index (χ4n) is 0.193. The summed E-state index contributed by atoms with van der Waals surface area (Å²) in [6.45, 7) is 0. The Hall–Kier alpha value is 0.720. The van der Waals surface area contributed by atoms with Crippen molar-refractivity contribution in [1.82, 2.24) is 0 Å². The second-order valence-electron chi connectivity index (χ2n) is 1.35. The van der Waals surface area contributed by atoms with Gasteiger partial charge in [-0.05, 0) is 0 Å². The monoisotopic (exact) mass is 199 g/mol. The number of rotatable bonds is 2. The predicted octanol–water partition coefficient (Wildman–Crippen LogP) is 2.86. The summed E-state index contributed by atoms with van der Waals surface area (Å²) in [4.78, 5) is 0. The van der Waals surface area contributed by atoms with Crippen molar-refractivity contribution >= 4 is 30.7 Å². The van der Waals surface area contributed by atoms with E-state index in [4.69, 9.17) is 21.4 Å². The van der Waals surface area contributed by atoms with E-state index in [2.05, 4.69) is 0 Å². The van der Waals surface area contributed by atoms with E-state index < -0.39 is 21.9 Å². The van der Waals surface area contributed by atoms with E-state index in [0.29, 0.717) is 0 Å². The van der Waals surface area contributed by atoms with Gasteiger partial charge in [0.05, 0.1) is 6.42 Å². The molecule has 0 aliphatic carbocycles. The van der Waals surface area contributed by atoms with Crippen LogP contribution in [0.3, 0.4) is 0 Å². The average molecular weight is 200 g/mol. The second kappa shape index (κ2) is 3.78. The lowest BCUT2D eigenvalue weighted by Crippen LogP contribution is -2.10. The van der Waals surface area contributed by atoms with E-state index in [9.17, 15) is 13.2 Å². The third-order valence-corrected chi connectivity index (χ3v) is 1.98. The molecule has 0 bridgehead atoms. The molecular weight excluding hydrogens is 196 g/mol. The van der Waals surface area contributed by atoms with Crippen LogP contribution in [0, 0.1) is 0 Å². The minimum Gasteiger partial charge on any atom is -0.171 e. The molecule has 0 aliphatic heterocycles. The summed E-state index contributed by atoms with van der Waals surface area (Å²) in [6.07, 6.45) is -5.03. The smallest absolute Gasteiger partial charge is 0.171 e. The highest BCUT2D eigenvalue weighted by Gasteiger charge is 2.31. The first-order valence-electron chi connectivity index (χ1n) is 2.02. The van der Waals surface area contributed by atoms with Gasteiger partial charge < -0.3 is 0 Å². The molecule has 0 atom stereocenters. The summed E-state index contributed by atoms with van der Waals surface area (Å²) in [5.41, 5.74) is 0. The van der Waals surface area contributed by atoms with E-state index in [0.717, 1.165) is 0 Å². The zero-order valence-corrected chi connectivity index (χ0v) is 6.54. The van der Waals surface area contributed by atoms with Crippen LogP contribution in [0.2, 0.25) is 0 Å². The summed E-state index contributed by atoms with van der Waals surface area (Å²) in [5.74, 6) is -0.202. The van der Waals surface area contributed by atoms with Crippen molar-refractivity contribution in [1.29, 1.82) is 0 Å². The molecule has 0 aromatic carbocycles. The second-order valence-corrected chi connectivity index (χ2v) is 5.02. The zero-order valence-electron chi connectivity index (χ0n) is 4.21. The van der Waals surface area contributed by atoms with Gasteiger partial charge in [0, 0.05) is 0 Å². The van der Waals surface area contributed by atoms with Crippen molar-refractivity contribution in [3.63, 3.8) is 0 Å². The van der Waals surface area contributed by atoms with E-state index >= 15 is 0 Å². The molecule has 0 unspecified atom stereocenters. The predicted molar refractivity (Wildman–Crippen MR) is 34.6 cm³/mol. The van der Waals surface area contributed by atoms with Gasteiger partial charge in [-0.15, -0.1) is 0 Å². The minimum atomic E-state index is -4.13. The number of halogens is 5. The molecule has 0 aliphatic rings. The van der Waals surface area contributed by atoms with Crippen LogP contribution in [-0.4, -0.2) is 11.9 Å². The topological polar surface area (TPSA) is 0 Å². The van der Waals surface area contributed by atoms with Crippen LogP contribution in [-0.2, 0) is 9.32 Å². The summed E-state index contributed by atoms with van der Waals surface area (Å²) in [6, 6.07) is 0. The third kappa shape index (κ3) is 8.72. The van der Waals surface area contributed by atoms with Crippen molar-refractivity contribution in [2.45, 2.75) is 12.6 Å². The molecule has 0 fully saturated rings. The first-order valence-corrected chi connectivity index (χ1v) is 5.06. The molecule has 0 saturated heterocycles. The SMILES string of the molecule is FC(F)(F)CC[S+](Cl)Cl. The molecule has 0 N–H and O–H groups in total. The molecular formula is C3H4Cl2F3S+. The molecule has 0 rings (SSSR count). The van der Waals surface area contributed by atoms with E-state index in [-0.39, 0.29) is 5.75 Å². The maximum Gasteiger partial charge on any atom is 0.393 e. The van der Waals surface area contributed by atoms with Crippen molar-refractivity contribution in [3.8, 4) is 0 Å². The van der Waals surface area contributed by atoms with Crippen LogP contribution in [0.1, 0.15) is 6.42 Å². The van der Waals surface area contributed by atoms with Crippen molar-refractivity contribution in [3.05, 3.63) is 0 Å². The van der Waals surface area contributed by atoms with Crippen LogP contribution >= 0.6 is 21.4 Å². The maximum absolute atomic E-state index is 11.3. The summed E-state index contributed by atoms with van der Waals surface area (Å²) < 4.78 is 33.9. The van der Waals surface area contributed by atoms with Gasteiger partial charge in [-0.2, -0.15) is 13.2 Å². The summed E-state index contributed by atoms with van der Waals surface area (Å²) in [5, 5.41) is 0. The number of hydrogen-bond donors (Lipinski definition) is 0. The first kappa shape index (κ1) is 9.72. The van der Waals surface area contributed by atoms with Crippen LogP contribution in [0.5, 0.6) is 0 Å². The highest BCUT2D eigenvalue weighted by molar-refractivity contribution is 8.35. The largest absolute Gasteiger partial charge is 0.393 e. The van der Waals surface area contributed by atoms with Crippen LogP contribution in [0.25, 0.3) is 0 Å². The maximum atomic E-state index is 11.3. The van der Waals surface area contributed by atoms with Crippen LogP contribution in [0.4, 0.5) is 13.2 Å². The van der Waals surface area contributed by atoms with Gasteiger partial charge in [-0.3, -0.25) is 0 Å². The van der Waals surface area contributed by atoms with Gasteiger partial charge >= 0.3 is 6.18 Å². The molecule has 0 aromatic rings. The Labute approximate surface area is 62.7 Å². The van der Waals surface area contributed by atoms with Gasteiger partial charge in [-0.1, -0.05) is 0 Å². The Morgan fingerprint density at radius 3 is 1.78 bits per heavy atom. The van der Waals surface area contributed by atoms with Crippen molar-refractivity contribution in [2.24, 2.45) is 0 Å². The molecule has 0 aromatic heterocycles. The number of hydrogen-bond acceptors (Lipinski definition) is 0.